The van der Waals surface area contributed by atoms with Crippen LogP contribution in [0.1, 0.15) is 37.8 Å². The van der Waals surface area contributed by atoms with E-state index in [1.54, 1.807) is 18.0 Å². The predicted octanol–water partition coefficient (Wildman–Crippen LogP) is 3.02. The predicted molar refractivity (Wildman–Crippen MR) is 109 cm³/mol. The maximum absolute atomic E-state index is 13.3. The average molecular weight is 436 g/mol. The SMILES string of the molecule is CNC(=O)C1CN(C(=O)C(C)C)CC12CCN(c1ccc(C#N)c(C(F)(F)F)c1)CC2. The van der Waals surface area contributed by atoms with Gasteiger partial charge >= 0.3 is 6.18 Å². The number of benzene rings is 1. The van der Waals surface area contributed by atoms with E-state index in [0.29, 0.717) is 44.7 Å². The molecular weight excluding hydrogens is 409 g/mol. The molecule has 9 heteroatoms. The molecule has 1 unspecified atom stereocenters. The minimum atomic E-state index is -4.61. The smallest absolute Gasteiger partial charge is 0.371 e. The van der Waals surface area contributed by atoms with Crippen molar-refractivity contribution in [2.24, 2.45) is 17.3 Å². The first-order valence-electron chi connectivity index (χ1n) is 10.4. The van der Waals surface area contributed by atoms with Crippen LogP contribution >= 0.6 is 0 Å². The second-order valence-electron chi connectivity index (χ2n) is 8.73. The molecule has 31 heavy (non-hydrogen) atoms. The van der Waals surface area contributed by atoms with Crippen molar-refractivity contribution in [3.05, 3.63) is 29.3 Å². The van der Waals surface area contributed by atoms with E-state index in [0.717, 1.165) is 6.07 Å². The molecule has 1 aromatic carbocycles. The van der Waals surface area contributed by atoms with Gasteiger partial charge in [0.15, 0.2) is 0 Å². The van der Waals surface area contributed by atoms with Crippen molar-refractivity contribution in [1.29, 1.82) is 5.26 Å². The minimum absolute atomic E-state index is 0.00937. The van der Waals surface area contributed by atoms with E-state index >= 15 is 0 Å². The molecule has 2 heterocycles. The Kier molecular flexibility index (Phi) is 6.21. The van der Waals surface area contributed by atoms with E-state index in [1.807, 2.05) is 18.7 Å². The Morgan fingerprint density at radius 1 is 1.26 bits per heavy atom. The zero-order valence-corrected chi connectivity index (χ0v) is 17.9. The van der Waals surface area contributed by atoms with Crippen molar-refractivity contribution >= 4 is 17.5 Å². The third kappa shape index (κ3) is 4.34. The van der Waals surface area contributed by atoms with Crippen molar-refractivity contribution in [2.45, 2.75) is 32.9 Å². The number of hydrogen-bond donors (Lipinski definition) is 1. The fraction of sp³-hybridized carbons (Fsp3) is 0.591. The van der Waals surface area contributed by atoms with E-state index in [1.165, 1.54) is 12.1 Å². The lowest BCUT2D eigenvalue weighted by Gasteiger charge is -2.43. The largest absolute Gasteiger partial charge is 0.417 e. The summed E-state index contributed by atoms with van der Waals surface area (Å²) in [5.74, 6) is -0.602. The molecule has 1 spiro atoms. The van der Waals surface area contributed by atoms with Crippen molar-refractivity contribution in [3.8, 4) is 6.07 Å². The number of carbonyl (C=O) groups excluding carboxylic acids is 2. The molecule has 2 fully saturated rings. The maximum Gasteiger partial charge on any atom is 0.417 e. The van der Waals surface area contributed by atoms with Crippen molar-refractivity contribution < 1.29 is 22.8 Å². The summed E-state index contributed by atoms with van der Waals surface area (Å²) in [5.41, 5.74) is -1.32. The monoisotopic (exact) mass is 436 g/mol. The lowest BCUT2D eigenvalue weighted by atomic mass is 9.70. The highest BCUT2D eigenvalue weighted by Gasteiger charge is 2.52. The molecule has 1 atom stereocenters. The second kappa shape index (κ2) is 8.40. The van der Waals surface area contributed by atoms with E-state index in [2.05, 4.69) is 5.32 Å². The van der Waals surface area contributed by atoms with Crippen LogP contribution < -0.4 is 10.2 Å². The topological polar surface area (TPSA) is 76.4 Å². The van der Waals surface area contributed by atoms with E-state index in [9.17, 15) is 22.8 Å². The highest BCUT2D eigenvalue weighted by Crippen LogP contribution is 2.46. The van der Waals surface area contributed by atoms with Gasteiger partial charge in [0.25, 0.3) is 0 Å². The quantitative estimate of drug-likeness (QED) is 0.790. The van der Waals surface area contributed by atoms with Crippen molar-refractivity contribution in [3.63, 3.8) is 0 Å². The number of alkyl halides is 3. The van der Waals surface area contributed by atoms with E-state index < -0.39 is 17.3 Å². The fourth-order valence-corrected chi connectivity index (χ4v) is 4.81. The number of likely N-dealkylation sites (tertiary alicyclic amines) is 1. The van der Waals surface area contributed by atoms with E-state index in [4.69, 9.17) is 5.26 Å². The zero-order chi connectivity index (χ0) is 23.0. The van der Waals surface area contributed by atoms with Gasteiger partial charge in [-0.05, 0) is 31.0 Å². The highest BCUT2D eigenvalue weighted by molar-refractivity contribution is 5.83. The lowest BCUT2D eigenvalue weighted by Crippen LogP contribution is -2.48. The van der Waals surface area contributed by atoms with Crippen LogP contribution in [-0.4, -0.2) is 49.9 Å². The molecule has 2 saturated heterocycles. The molecule has 0 bridgehead atoms. The fourth-order valence-electron chi connectivity index (χ4n) is 4.81. The number of halogens is 3. The number of carbonyl (C=O) groups is 2. The van der Waals surface area contributed by atoms with Crippen LogP contribution in [0.2, 0.25) is 0 Å². The molecule has 0 aliphatic carbocycles. The Balaban J connectivity index is 1.82. The molecule has 3 rings (SSSR count). The number of nitrogens with one attached hydrogen (secondary N) is 1. The van der Waals surface area contributed by atoms with Gasteiger partial charge < -0.3 is 15.1 Å². The molecule has 1 N–H and O–H groups in total. The standard InChI is InChI=1S/C22H27F3N4O2/c1-14(2)20(31)29-12-18(19(30)27-3)21(13-29)6-8-28(9-7-21)16-5-4-15(11-26)17(10-16)22(23,24)25/h4-5,10,14,18H,6-9,12-13H2,1-3H3,(H,27,30). The number of nitrogens with zero attached hydrogens (tertiary/aromatic N) is 3. The Morgan fingerprint density at radius 2 is 1.90 bits per heavy atom. The summed E-state index contributed by atoms with van der Waals surface area (Å²) < 4.78 is 40.0. The van der Waals surface area contributed by atoms with Crippen molar-refractivity contribution in [1.82, 2.24) is 10.2 Å². The molecular formula is C22H27F3N4O2. The Bertz CT molecular complexity index is 899. The number of amides is 2. The van der Waals surface area contributed by atoms with Gasteiger partial charge in [-0.3, -0.25) is 9.59 Å². The van der Waals surface area contributed by atoms with Gasteiger partial charge in [0.2, 0.25) is 11.8 Å². The Hall–Kier alpha value is -2.76. The first kappa shape index (κ1) is 22.9. The van der Waals surface area contributed by atoms with Crippen LogP contribution in [0.25, 0.3) is 0 Å². The molecule has 168 valence electrons. The normalized spacial score (nSPS) is 20.8. The average Bonchev–Trinajstić information content (AvgIpc) is 3.10. The molecule has 2 amide bonds. The summed E-state index contributed by atoms with van der Waals surface area (Å²) in [6, 6.07) is 5.36. The third-order valence-corrected chi connectivity index (χ3v) is 6.57. The molecule has 0 radical (unpaired) electrons. The van der Waals surface area contributed by atoms with Crippen LogP contribution in [0, 0.1) is 28.6 Å². The van der Waals surface area contributed by atoms with Gasteiger partial charge in [-0.2, -0.15) is 18.4 Å². The molecule has 1 aromatic rings. The van der Waals surface area contributed by atoms with Gasteiger partial charge in [0, 0.05) is 50.2 Å². The summed E-state index contributed by atoms with van der Waals surface area (Å²) in [6.07, 6.45) is -3.42. The number of piperidine rings is 1. The summed E-state index contributed by atoms with van der Waals surface area (Å²) in [4.78, 5) is 28.8. The Morgan fingerprint density at radius 3 is 2.42 bits per heavy atom. The van der Waals surface area contributed by atoms with Gasteiger partial charge in [0.05, 0.1) is 23.1 Å². The van der Waals surface area contributed by atoms with Gasteiger partial charge in [-0.15, -0.1) is 0 Å². The number of anilines is 1. The second-order valence-corrected chi connectivity index (χ2v) is 8.73. The summed E-state index contributed by atoms with van der Waals surface area (Å²) in [7, 11) is 1.58. The molecule has 0 aromatic heterocycles. The molecule has 2 aliphatic heterocycles. The van der Waals surface area contributed by atoms with E-state index in [-0.39, 0.29) is 29.1 Å². The number of hydrogen-bond acceptors (Lipinski definition) is 4. The number of nitriles is 1. The van der Waals surface area contributed by atoms with Crippen molar-refractivity contribution in [2.75, 3.05) is 38.1 Å². The maximum atomic E-state index is 13.3. The summed E-state index contributed by atoms with van der Waals surface area (Å²) >= 11 is 0. The lowest BCUT2D eigenvalue weighted by molar-refractivity contribution is -0.138. The first-order chi connectivity index (χ1) is 14.5. The molecule has 2 aliphatic rings. The third-order valence-electron chi connectivity index (χ3n) is 6.57. The van der Waals surface area contributed by atoms with Crippen LogP contribution in [-0.2, 0) is 15.8 Å². The van der Waals surface area contributed by atoms with Gasteiger partial charge in [0.1, 0.15) is 0 Å². The summed E-state index contributed by atoms with van der Waals surface area (Å²) in [6.45, 7) is 5.45. The van der Waals surface area contributed by atoms with Crippen LogP contribution in [0.3, 0.4) is 0 Å². The minimum Gasteiger partial charge on any atom is -0.371 e. The summed E-state index contributed by atoms with van der Waals surface area (Å²) in [5, 5.41) is 11.7. The first-order valence-corrected chi connectivity index (χ1v) is 10.4. The molecule has 6 nitrogen and oxygen atoms in total. The van der Waals surface area contributed by atoms with Crippen LogP contribution in [0.4, 0.5) is 18.9 Å². The van der Waals surface area contributed by atoms with Crippen LogP contribution in [0.5, 0.6) is 0 Å². The molecule has 0 saturated carbocycles. The highest BCUT2D eigenvalue weighted by atomic mass is 19.4. The number of rotatable bonds is 3. The van der Waals surface area contributed by atoms with Gasteiger partial charge in [-0.1, -0.05) is 13.8 Å². The Labute approximate surface area is 180 Å². The zero-order valence-electron chi connectivity index (χ0n) is 17.9. The van der Waals surface area contributed by atoms with Crippen LogP contribution in [0.15, 0.2) is 18.2 Å². The van der Waals surface area contributed by atoms with Gasteiger partial charge in [-0.25, -0.2) is 0 Å².